The maximum atomic E-state index is 11.7. The second-order valence-electron chi connectivity index (χ2n) is 5.02. The molecule has 0 aliphatic carbocycles. The van der Waals surface area contributed by atoms with Crippen LogP contribution in [0.5, 0.6) is 0 Å². The van der Waals surface area contributed by atoms with Gasteiger partial charge in [-0.2, -0.15) is 0 Å². The minimum Gasteiger partial charge on any atom is -0.368 e. The molecule has 2 heterocycles. The number of benzene rings is 1. The molecule has 1 aromatic carbocycles. The number of nitrogens with one attached hydrogen (secondary N) is 1. The lowest BCUT2D eigenvalue weighted by Crippen LogP contribution is -2.27. The van der Waals surface area contributed by atoms with E-state index in [2.05, 4.69) is 10.2 Å². The molecule has 110 valence electrons. The summed E-state index contributed by atoms with van der Waals surface area (Å²) >= 11 is 7.22. The van der Waals surface area contributed by atoms with Crippen molar-refractivity contribution in [2.45, 2.75) is 12.5 Å². The number of hydrogen-bond acceptors (Lipinski definition) is 5. The number of amides is 2. The van der Waals surface area contributed by atoms with Crippen LogP contribution in [0.25, 0.3) is 6.08 Å². The van der Waals surface area contributed by atoms with Crippen LogP contribution in [-0.2, 0) is 4.79 Å². The maximum absolute atomic E-state index is 11.7. The highest BCUT2D eigenvalue weighted by atomic mass is 35.5. The number of carbonyl (C=O) groups excluding carboxylic acids is 2. The minimum absolute atomic E-state index is 0.132. The third-order valence-corrected chi connectivity index (χ3v) is 4.60. The van der Waals surface area contributed by atoms with E-state index in [4.69, 9.17) is 17.3 Å². The van der Waals surface area contributed by atoms with Crippen LogP contribution in [0.1, 0.15) is 12.0 Å². The van der Waals surface area contributed by atoms with Gasteiger partial charge in [0.1, 0.15) is 0 Å². The van der Waals surface area contributed by atoms with Crippen LogP contribution in [0, 0.1) is 0 Å². The van der Waals surface area contributed by atoms with Gasteiger partial charge < -0.3 is 10.6 Å². The standard InChI is InChI=1S/C14H14ClN3O2S/c15-10-3-1-2-8(6-11-13(19)17-14(20)21-11)12(10)18-5-4-9(16)7-18/h1-3,6,9H,4-5,7,16H2,(H,17,19,20). The highest BCUT2D eigenvalue weighted by molar-refractivity contribution is 8.18. The summed E-state index contributed by atoms with van der Waals surface area (Å²) in [6, 6.07) is 5.66. The SMILES string of the molecule is NC1CCN(c2c(Cl)cccc2C=C2SC(=O)NC2=O)C1. The van der Waals surface area contributed by atoms with Gasteiger partial charge in [0.05, 0.1) is 15.6 Å². The first-order valence-corrected chi connectivity index (χ1v) is 7.78. The fourth-order valence-electron chi connectivity index (χ4n) is 2.53. The molecule has 2 fully saturated rings. The van der Waals surface area contributed by atoms with Gasteiger partial charge in [0.25, 0.3) is 11.1 Å². The largest absolute Gasteiger partial charge is 0.368 e. The van der Waals surface area contributed by atoms with Crippen LogP contribution in [0.15, 0.2) is 23.1 Å². The summed E-state index contributed by atoms with van der Waals surface area (Å²) in [6.07, 6.45) is 2.62. The first-order valence-electron chi connectivity index (χ1n) is 6.58. The lowest BCUT2D eigenvalue weighted by molar-refractivity contribution is -0.115. The minimum atomic E-state index is -0.367. The van der Waals surface area contributed by atoms with Crippen molar-refractivity contribution in [3.05, 3.63) is 33.7 Å². The zero-order valence-corrected chi connectivity index (χ0v) is 12.7. The van der Waals surface area contributed by atoms with Gasteiger partial charge in [0.15, 0.2) is 0 Å². The van der Waals surface area contributed by atoms with Gasteiger partial charge in [-0.15, -0.1) is 0 Å². The monoisotopic (exact) mass is 323 g/mol. The lowest BCUT2D eigenvalue weighted by atomic mass is 10.1. The number of hydrogen-bond donors (Lipinski definition) is 2. The summed E-state index contributed by atoms with van der Waals surface area (Å²) in [5, 5.41) is 2.52. The predicted molar refractivity (Wildman–Crippen MR) is 85.4 cm³/mol. The number of nitrogens with zero attached hydrogens (tertiary/aromatic N) is 1. The summed E-state index contributed by atoms with van der Waals surface area (Å²) in [7, 11) is 0. The Balaban J connectivity index is 1.99. The Labute approximate surface area is 131 Å². The van der Waals surface area contributed by atoms with Crippen molar-refractivity contribution in [3.63, 3.8) is 0 Å². The molecule has 21 heavy (non-hydrogen) atoms. The van der Waals surface area contributed by atoms with Crippen LogP contribution in [0.4, 0.5) is 10.5 Å². The molecule has 1 unspecified atom stereocenters. The van der Waals surface area contributed by atoms with Crippen molar-refractivity contribution in [2.75, 3.05) is 18.0 Å². The molecule has 0 aromatic heterocycles. The molecule has 7 heteroatoms. The van der Waals surface area contributed by atoms with Gasteiger partial charge in [-0.1, -0.05) is 23.7 Å². The molecule has 0 radical (unpaired) electrons. The van der Waals surface area contributed by atoms with Crippen LogP contribution in [0.2, 0.25) is 5.02 Å². The molecule has 2 amide bonds. The number of imide groups is 1. The summed E-state index contributed by atoms with van der Waals surface area (Å²) < 4.78 is 0. The predicted octanol–water partition coefficient (Wildman–Crippen LogP) is 2.20. The van der Waals surface area contributed by atoms with Gasteiger partial charge >= 0.3 is 0 Å². The molecule has 3 N–H and O–H groups in total. The number of carbonyl (C=O) groups is 2. The van der Waals surface area contributed by atoms with E-state index in [0.717, 1.165) is 42.5 Å². The Hall–Kier alpha value is -1.50. The quantitative estimate of drug-likeness (QED) is 0.816. The molecule has 0 spiro atoms. The van der Waals surface area contributed by atoms with E-state index in [1.807, 2.05) is 18.2 Å². The summed E-state index contributed by atoms with van der Waals surface area (Å²) in [4.78, 5) is 25.4. The third kappa shape index (κ3) is 2.92. The van der Waals surface area contributed by atoms with Gasteiger partial charge in [-0.05, 0) is 30.3 Å². The molecule has 0 bridgehead atoms. The van der Waals surface area contributed by atoms with Gasteiger partial charge in [-0.3, -0.25) is 14.9 Å². The van der Waals surface area contributed by atoms with Crippen LogP contribution in [0.3, 0.4) is 0 Å². The van der Waals surface area contributed by atoms with Crippen LogP contribution >= 0.6 is 23.4 Å². The average Bonchev–Trinajstić information content (AvgIpc) is 2.96. The summed E-state index contributed by atoms with van der Waals surface area (Å²) in [6.45, 7) is 1.57. The molecular formula is C14H14ClN3O2S. The Morgan fingerprint density at radius 2 is 2.24 bits per heavy atom. The van der Waals surface area contributed by atoms with Crippen LogP contribution in [-0.4, -0.2) is 30.3 Å². The second kappa shape index (κ2) is 5.71. The third-order valence-electron chi connectivity index (χ3n) is 3.49. The molecule has 0 saturated carbocycles. The topological polar surface area (TPSA) is 75.4 Å². The fraction of sp³-hybridized carbons (Fsp3) is 0.286. The maximum Gasteiger partial charge on any atom is 0.290 e. The van der Waals surface area contributed by atoms with E-state index in [-0.39, 0.29) is 17.2 Å². The van der Waals surface area contributed by atoms with Crippen LogP contribution < -0.4 is 16.0 Å². The fourth-order valence-corrected chi connectivity index (χ4v) is 3.51. The number of para-hydroxylation sites is 1. The summed E-state index contributed by atoms with van der Waals surface area (Å²) in [5.74, 6) is -0.367. The first kappa shape index (κ1) is 14.4. The highest BCUT2D eigenvalue weighted by Crippen LogP contribution is 2.35. The molecule has 3 rings (SSSR count). The first-order chi connectivity index (χ1) is 10.0. The summed E-state index contributed by atoms with van der Waals surface area (Å²) in [5.41, 5.74) is 7.64. The van der Waals surface area contributed by atoms with E-state index in [0.29, 0.717) is 9.93 Å². The molecule has 1 atom stereocenters. The van der Waals surface area contributed by atoms with Crippen molar-refractivity contribution in [1.29, 1.82) is 0 Å². The van der Waals surface area contributed by atoms with Gasteiger partial charge in [0, 0.05) is 24.7 Å². The van der Waals surface area contributed by atoms with E-state index >= 15 is 0 Å². The number of anilines is 1. The molecule has 2 saturated heterocycles. The smallest absolute Gasteiger partial charge is 0.290 e. The van der Waals surface area contributed by atoms with Crippen molar-refractivity contribution < 1.29 is 9.59 Å². The number of rotatable bonds is 2. The Kier molecular flexibility index (Phi) is 3.93. The van der Waals surface area contributed by atoms with E-state index in [1.165, 1.54) is 0 Å². The van der Waals surface area contributed by atoms with Crippen molar-refractivity contribution >= 4 is 46.3 Å². The number of halogens is 1. The number of thioether (sulfide) groups is 1. The molecule has 2 aliphatic heterocycles. The zero-order chi connectivity index (χ0) is 15.0. The van der Waals surface area contributed by atoms with Crippen molar-refractivity contribution in [3.8, 4) is 0 Å². The van der Waals surface area contributed by atoms with Gasteiger partial charge in [0.2, 0.25) is 0 Å². The van der Waals surface area contributed by atoms with Gasteiger partial charge in [-0.25, -0.2) is 0 Å². The zero-order valence-electron chi connectivity index (χ0n) is 11.1. The van der Waals surface area contributed by atoms with E-state index in [1.54, 1.807) is 6.08 Å². The molecule has 5 nitrogen and oxygen atoms in total. The van der Waals surface area contributed by atoms with Crippen molar-refractivity contribution in [1.82, 2.24) is 5.32 Å². The molecule has 1 aromatic rings. The Morgan fingerprint density at radius 3 is 2.86 bits per heavy atom. The van der Waals surface area contributed by atoms with E-state index < -0.39 is 0 Å². The number of nitrogens with two attached hydrogens (primary N) is 1. The normalized spacial score (nSPS) is 24.0. The van der Waals surface area contributed by atoms with E-state index in [9.17, 15) is 9.59 Å². The molecule has 2 aliphatic rings. The Bertz CT molecular complexity index is 647. The lowest BCUT2D eigenvalue weighted by Gasteiger charge is -2.22. The molecular weight excluding hydrogens is 310 g/mol. The Morgan fingerprint density at radius 1 is 1.43 bits per heavy atom. The second-order valence-corrected chi connectivity index (χ2v) is 6.45. The van der Waals surface area contributed by atoms with Crippen molar-refractivity contribution in [2.24, 2.45) is 5.73 Å². The average molecular weight is 324 g/mol. The highest BCUT2D eigenvalue weighted by Gasteiger charge is 2.27.